The van der Waals surface area contributed by atoms with E-state index >= 15 is 0 Å². The van der Waals surface area contributed by atoms with Crippen LogP contribution in [0.5, 0.6) is 5.88 Å². The van der Waals surface area contributed by atoms with Gasteiger partial charge in [-0.15, -0.1) is 0 Å². The van der Waals surface area contributed by atoms with E-state index in [4.69, 9.17) is 10.5 Å². The maximum absolute atomic E-state index is 11.1. The van der Waals surface area contributed by atoms with Crippen molar-refractivity contribution in [2.45, 2.75) is 12.5 Å². The molecule has 2 heterocycles. The fraction of sp³-hybridized carbons (Fsp3) is 0.400. The summed E-state index contributed by atoms with van der Waals surface area (Å²) >= 11 is 0. The first-order valence-electron chi connectivity index (χ1n) is 4.89. The van der Waals surface area contributed by atoms with Crippen LogP contribution in [-0.2, 0) is 0 Å². The molecule has 1 atom stereocenters. The Bertz CT molecular complexity index is 361. The van der Waals surface area contributed by atoms with E-state index in [0.29, 0.717) is 11.4 Å². The summed E-state index contributed by atoms with van der Waals surface area (Å²) in [5.41, 5.74) is 5.55. The lowest BCUT2D eigenvalue weighted by Crippen LogP contribution is -2.22. The van der Waals surface area contributed by atoms with E-state index in [1.165, 1.54) is 0 Å². The highest BCUT2D eigenvalue weighted by Gasteiger charge is 2.19. The SMILES string of the molecule is NC(=O)c1cccnc1OC1CCNC1. The Kier molecular flexibility index (Phi) is 2.82. The molecule has 1 aromatic heterocycles. The zero-order valence-electron chi connectivity index (χ0n) is 8.27. The van der Waals surface area contributed by atoms with Gasteiger partial charge in [-0.05, 0) is 25.1 Å². The summed E-state index contributed by atoms with van der Waals surface area (Å²) < 4.78 is 5.59. The van der Waals surface area contributed by atoms with Crippen molar-refractivity contribution in [1.29, 1.82) is 0 Å². The number of rotatable bonds is 3. The van der Waals surface area contributed by atoms with Gasteiger partial charge in [0.1, 0.15) is 11.7 Å². The van der Waals surface area contributed by atoms with Crippen LogP contribution in [0.15, 0.2) is 18.3 Å². The van der Waals surface area contributed by atoms with Crippen molar-refractivity contribution in [2.24, 2.45) is 5.73 Å². The second-order valence-corrected chi connectivity index (χ2v) is 3.45. The number of primary amides is 1. The predicted molar refractivity (Wildman–Crippen MR) is 54.7 cm³/mol. The lowest BCUT2D eigenvalue weighted by molar-refractivity contribution is 0.0992. The molecule has 0 aliphatic carbocycles. The second-order valence-electron chi connectivity index (χ2n) is 3.45. The van der Waals surface area contributed by atoms with Gasteiger partial charge >= 0.3 is 0 Å². The van der Waals surface area contributed by atoms with E-state index in [0.717, 1.165) is 19.5 Å². The molecule has 1 saturated heterocycles. The minimum atomic E-state index is -0.510. The number of carbonyl (C=O) groups excluding carboxylic acids is 1. The maximum Gasteiger partial charge on any atom is 0.254 e. The van der Waals surface area contributed by atoms with Crippen molar-refractivity contribution in [1.82, 2.24) is 10.3 Å². The van der Waals surface area contributed by atoms with Gasteiger partial charge in [-0.3, -0.25) is 4.79 Å². The Morgan fingerprint density at radius 2 is 2.53 bits per heavy atom. The van der Waals surface area contributed by atoms with E-state index in [9.17, 15) is 4.79 Å². The number of pyridine rings is 1. The molecule has 0 saturated carbocycles. The zero-order chi connectivity index (χ0) is 10.7. The van der Waals surface area contributed by atoms with Crippen LogP contribution in [0.4, 0.5) is 0 Å². The fourth-order valence-corrected chi connectivity index (χ4v) is 1.56. The monoisotopic (exact) mass is 207 g/mol. The first-order chi connectivity index (χ1) is 7.27. The Morgan fingerprint density at radius 1 is 1.67 bits per heavy atom. The molecule has 1 aliphatic rings. The molecule has 1 aromatic rings. The molecule has 1 amide bonds. The molecule has 0 aromatic carbocycles. The summed E-state index contributed by atoms with van der Waals surface area (Å²) in [6.07, 6.45) is 2.59. The summed E-state index contributed by atoms with van der Waals surface area (Å²) in [6.45, 7) is 1.72. The molecule has 3 N–H and O–H groups in total. The van der Waals surface area contributed by atoms with Crippen molar-refractivity contribution < 1.29 is 9.53 Å². The van der Waals surface area contributed by atoms with Gasteiger partial charge in [-0.25, -0.2) is 4.98 Å². The lowest BCUT2D eigenvalue weighted by atomic mass is 10.2. The summed E-state index contributed by atoms with van der Waals surface area (Å²) in [7, 11) is 0. The number of nitrogens with two attached hydrogens (primary N) is 1. The highest BCUT2D eigenvalue weighted by Crippen LogP contribution is 2.16. The molecule has 1 fully saturated rings. The van der Waals surface area contributed by atoms with Crippen LogP contribution in [0, 0.1) is 0 Å². The number of amides is 1. The third-order valence-electron chi connectivity index (χ3n) is 2.33. The molecule has 0 spiro atoms. The van der Waals surface area contributed by atoms with Gasteiger partial charge in [-0.2, -0.15) is 0 Å². The third-order valence-corrected chi connectivity index (χ3v) is 2.33. The molecule has 80 valence electrons. The van der Waals surface area contributed by atoms with Crippen LogP contribution >= 0.6 is 0 Å². The first-order valence-corrected chi connectivity index (χ1v) is 4.89. The van der Waals surface area contributed by atoms with Crippen LogP contribution in [0.1, 0.15) is 16.8 Å². The Labute approximate surface area is 87.6 Å². The molecule has 5 heteroatoms. The predicted octanol–water partition coefficient (Wildman–Crippen LogP) is -0.0788. The zero-order valence-corrected chi connectivity index (χ0v) is 8.27. The molecule has 2 rings (SSSR count). The largest absolute Gasteiger partial charge is 0.472 e. The standard InChI is InChI=1S/C10H13N3O2/c11-9(14)8-2-1-4-13-10(8)15-7-3-5-12-6-7/h1-2,4,7,12H,3,5-6H2,(H2,11,14). The minimum Gasteiger partial charge on any atom is -0.472 e. The van der Waals surface area contributed by atoms with Gasteiger partial charge in [-0.1, -0.05) is 0 Å². The fourth-order valence-electron chi connectivity index (χ4n) is 1.56. The molecule has 0 bridgehead atoms. The van der Waals surface area contributed by atoms with Gasteiger partial charge in [0.05, 0.1) is 0 Å². The number of ether oxygens (including phenoxy) is 1. The Balaban J connectivity index is 2.15. The quantitative estimate of drug-likeness (QED) is 0.726. The number of hydrogen-bond donors (Lipinski definition) is 2. The van der Waals surface area contributed by atoms with E-state index < -0.39 is 5.91 Å². The molecule has 0 radical (unpaired) electrons. The van der Waals surface area contributed by atoms with Crippen LogP contribution in [0.2, 0.25) is 0 Å². The average molecular weight is 207 g/mol. The average Bonchev–Trinajstić information content (AvgIpc) is 2.71. The van der Waals surface area contributed by atoms with Crippen LogP contribution in [-0.4, -0.2) is 30.1 Å². The Morgan fingerprint density at radius 3 is 3.20 bits per heavy atom. The first kappa shape index (κ1) is 9.92. The van der Waals surface area contributed by atoms with Crippen molar-refractivity contribution in [3.8, 4) is 5.88 Å². The van der Waals surface area contributed by atoms with E-state index in [2.05, 4.69) is 10.3 Å². The molecule has 5 nitrogen and oxygen atoms in total. The molecule has 1 aliphatic heterocycles. The number of aromatic nitrogens is 1. The van der Waals surface area contributed by atoms with Gasteiger partial charge in [0.2, 0.25) is 5.88 Å². The van der Waals surface area contributed by atoms with E-state index in [-0.39, 0.29) is 6.10 Å². The second kappa shape index (κ2) is 4.27. The highest BCUT2D eigenvalue weighted by molar-refractivity contribution is 5.94. The van der Waals surface area contributed by atoms with Gasteiger partial charge in [0, 0.05) is 12.7 Å². The third kappa shape index (κ3) is 2.24. The van der Waals surface area contributed by atoms with E-state index in [1.54, 1.807) is 18.3 Å². The summed E-state index contributed by atoms with van der Waals surface area (Å²) in [5, 5.41) is 3.17. The Hall–Kier alpha value is -1.62. The molecular weight excluding hydrogens is 194 g/mol. The highest BCUT2D eigenvalue weighted by atomic mass is 16.5. The maximum atomic E-state index is 11.1. The summed E-state index contributed by atoms with van der Waals surface area (Å²) in [4.78, 5) is 15.1. The van der Waals surface area contributed by atoms with Crippen molar-refractivity contribution in [2.75, 3.05) is 13.1 Å². The number of carbonyl (C=O) groups is 1. The molecular formula is C10H13N3O2. The van der Waals surface area contributed by atoms with Gasteiger partial charge < -0.3 is 15.8 Å². The van der Waals surface area contributed by atoms with Crippen molar-refractivity contribution in [3.05, 3.63) is 23.9 Å². The minimum absolute atomic E-state index is 0.0815. The van der Waals surface area contributed by atoms with Crippen molar-refractivity contribution in [3.63, 3.8) is 0 Å². The normalized spacial score (nSPS) is 20.1. The smallest absolute Gasteiger partial charge is 0.254 e. The van der Waals surface area contributed by atoms with Crippen LogP contribution in [0.3, 0.4) is 0 Å². The van der Waals surface area contributed by atoms with Gasteiger partial charge in [0.15, 0.2) is 0 Å². The van der Waals surface area contributed by atoms with E-state index in [1.807, 2.05) is 0 Å². The lowest BCUT2D eigenvalue weighted by Gasteiger charge is -2.12. The van der Waals surface area contributed by atoms with Crippen LogP contribution in [0.25, 0.3) is 0 Å². The van der Waals surface area contributed by atoms with Gasteiger partial charge in [0.25, 0.3) is 5.91 Å². The number of nitrogens with one attached hydrogen (secondary N) is 1. The number of hydrogen-bond acceptors (Lipinski definition) is 4. The molecule has 15 heavy (non-hydrogen) atoms. The summed E-state index contributed by atoms with van der Waals surface area (Å²) in [6, 6.07) is 3.28. The van der Waals surface area contributed by atoms with Crippen molar-refractivity contribution >= 4 is 5.91 Å². The van der Waals surface area contributed by atoms with Crippen LogP contribution < -0.4 is 15.8 Å². The summed E-state index contributed by atoms with van der Waals surface area (Å²) in [5.74, 6) is -0.178. The number of nitrogens with zero attached hydrogens (tertiary/aromatic N) is 1. The topological polar surface area (TPSA) is 77.2 Å². The molecule has 1 unspecified atom stereocenters.